The van der Waals surface area contributed by atoms with E-state index in [-0.39, 0.29) is 11.7 Å². The van der Waals surface area contributed by atoms with Gasteiger partial charge in [-0.3, -0.25) is 9.13 Å². The van der Waals surface area contributed by atoms with Crippen LogP contribution in [0.2, 0.25) is 0 Å². The minimum atomic E-state index is 0.0525. The molecule has 1 saturated heterocycles. The van der Waals surface area contributed by atoms with Crippen LogP contribution in [0.15, 0.2) is 29.1 Å². The van der Waals surface area contributed by atoms with Crippen LogP contribution in [0.1, 0.15) is 32.2 Å². The van der Waals surface area contributed by atoms with Crippen molar-refractivity contribution in [2.45, 2.75) is 44.8 Å². The molecule has 0 saturated carbocycles. The van der Waals surface area contributed by atoms with E-state index in [1.807, 2.05) is 28.8 Å². The third-order valence-electron chi connectivity index (χ3n) is 4.52. The molecule has 1 aliphatic heterocycles. The Balaban J connectivity index is 2.08. The van der Waals surface area contributed by atoms with Crippen LogP contribution in [0.3, 0.4) is 0 Å². The summed E-state index contributed by atoms with van der Waals surface area (Å²) in [7, 11) is 0. The summed E-state index contributed by atoms with van der Waals surface area (Å²) in [5.41, 5.74) is 2.04. The van der Waals surface area contributed by atoms with Crippen molar-refractivity contribution in [1.29, 1.82) is 0 Å². The number of fused-ring (bicyclic) bond motifs is 1. The molecule has 2 aromatic rings. The molecule has 1 N–H and O–H groups in total. The molecular formula is C16H22ClN3O. The molecule has 2 atom stereocenters. The van der Waals surface area contributed by atoms with Crippen molar-refractivity contribution in [2.75, 3.05) is 12.4 Å². The summed E-state index contributed by atoms with van der Waals surface area (Å²) >= 11 is 5.86. The van der Waals surface area contributed by atoms with Crippen molar-refractivity contribution < 1.29 is 0 Å². The molecule has 1 aromatic carbocycles. The van der Waals surface area contributed by atoms with Crippen LogP contribution in [0.25, 0.3) is 11.0 Å². The van der Waals surface area contributed by atoms with Crippen molar-refractivity contribution in [3.05, 3.63) is 34.7 Å². The molecule has 1 aromatic heterocycles. The predicted octanol–water partition coefficient (Wildman–Crippen LogP) is 2.74. The number of benzene rings is 1. The summed E-state index contributed by atoms with van der Waals surface area (Å²) in [6.07, 6.45) is 3.59. The van der Waals surface area contributed by atoms with E-state index in [1.54, 1.807) is 4.57 Å². The molecule has 0 amide bonds. The van der Waals surface area contributed by atoms with Crippen LogP contribution < -0.4 is 11.0 Å². The normalized spacial score (nSPS) is 20.8. The third-order valence-corrected chi connectivity index (χ3v) is 4.68. The Morgan fingerprint density at radius 1 is 1.33 bits per heavy atom. The number of para-hydroxylation sites is 2. The van der Waals surface area contributed by atoms with E-state index in [0.29, 0.717) is 18.5 Å². The van der Waals surface area contributed by atoms with Crippen molar-refractivity contribution in [2.24, 2.45) is 0 Å². The SMILES string of the molecule is CC(C1CCCCN1)n1c(=O)n(CCCl)c2ccccc21. The largest absolute Gasteiger partial charge is 0.329 e. The van der Waals surface area contributed by atoms with Crippen LogP contribution in [-0.4, -0.2) is 27.6 Å². The van der Waals surface area contributed by atoms with Gasteiger partial charge in [0.15, 0.2) is 0 Å². The molecule has 2 heterocycles. The zero-order chi connectivity index (χ0) is 14.8. The number of rotatable bonds is 4. The van der Waals surface area contributed by atoms with Gasteiger partial charge in [0.1, 0.15) is 0 Å². The van der Waals surface area contributed by atoms with Crippen LogP contribution in [-0.2, 0) is 6.54 Å². The zero-order valence-corrected chi connectivity index (χ0v) is 13.1. The lowest BCUT2D eigenvalue weighted by molar-refractivity contribution is 0.307. The Labute approximate surface area is 129 Å². The summed E-state index contributed by atoms with van der Waals surface area (Å²) in [6.45, 7) is 3.74. The standard InChI is InChI=1S/C16H22ClN3O/c1-12(13-6-4-5-10-18-13)20-15-8-3-2-7-14(15)19(11-9-17)16(20)21/h2-3,7-8,12-13,18H,4-6,9-11H2,1H3. The second-order valence-electron chi connectivity index (χ2n) is 5.78. The number of hydrogen-bond donors (Lipinski definition) is 1. The van der Waals surface area contributed by atoms with E-state index in [9.17, 15) is 4.79 Å². The van der Waals surface area contributed by atoms with E-state index in [4.69, 9.17) is 11.6 Å². The number of imidazole rings is 1. The summed E-state index contributed by atoms with van der Waals surface area (Å²) in [6, 6.07) is 8.51. The van der Waals surface area contributed by atoms with Gasteiger partial charge in [0.05, 0.1) is 17.1 Å². The van der Waals surface area contributed by atoms with Gasteiger partial charge >= 0.3 is 5.69 Å². The number of halogens is 1. The average molecular weight is 308 g/mol. The zero-order valence-electron chi connectivity index (χ0n) is 12.4. The number of nitrogens with one attached hydrogen (secondary N) is 1. The second kappa shape index (κ2) is 6.24. The molecule has 0 spiro atoms. The Bertz CT molecular complexity index is 670. The van der Waals surface area contributed by atoms with Gasteiger partial charge in [0.25, 0.3) is 0 Å². The minimum absolute atomic E-state index is 0.0525. The van der Waals surface area contributed by atoms with Gasteiger partial charge in [-0.25, -0.2) is 4.79 Å². The fourth-order valence-corrected chi connectivity index (χ4v) is 3.57. The highest BCUT2D eigenvalue weighted by Crippen LogP contribution is 2.23. The fraction of sp³-hybridized carbons (Fsp3) is 0.562. The fourth-order valence-electron chi connectivity index (χ4n) is 3.40. The number of piperidine rings is 1. The maximum Gasteiger partial charge on any atom is 0.329 e. The smallest absolute Gasteiger partial charge is 0.312 e. The van der Waals surface area contributed by atoms with E-state index in [0.717, 1.165) is 24.0 Å². The maximum absolute atomic E-state index is 12.8. The molecular weight excluding hydrogens is 286 g/mol. The monoisotopic (exact) mass is 307 g/mol. The molecule has 2 unspecified atom stereocenters. The average Bonchev–Trinajstić information content (AvgIpc) is 2.81. The lowest BCUT2D eigenvalue weighted by Gasteiger charge is -2.29. The van der Waals surface area contributed by atoms with Crippen molar-refractivity contribution in [1.82, 2.24) is 14.5 Å². The highest BCUT2D eigenvalue weighted by atomic mass is 35.5. The van der Waals surface area contributed by atoms with Gasteiger partial charge in [-0.2, -0.15) is 0 Å². The van der Waals surface area contributed by atoms with Gasteiger partial charge in [-0.05, 0) is 38.4 Å². The maximum atomic E-state index is 12.8. The molecule has 5 heteroatoms. The van der Waals surface area contributed by atoms with E-state index < -0.39 is 0 Å². The minimum Gasteiger partial charge on any atom is -0.312 e. The molecule has 0 aliphatic carbocycles. The molecule has 1 fully saturated rings. The summed E-state index contributed by atoms with van der Waals surface area (Å²) in [5.74, 6) is 0.448. The molecule has 4 nitrogen and oxygen atoms in total. The first-order valence-corrected chi connectivity index (χ1v) is 8.26. The van der Waals surface area contributed by atoms with Crippen LogP contribution in [0.4, 0.5) is 0 Å². The number of aromatic nitrogens is 2. The highest BCUT2D eigenvalue weighted by molar-refractivity contribution is 6.17. The Kier molecular flexibility index (Phi) is 4.36. The lowest BCUT2D eigenvalue weighted by Crippen LogP contribution is -2.42. The molecule has 21 heavy (non-hydrogen) atoms. The molecule has 114 valence electrons. The summed E-state index contributed by atoms with van der Waals surface area (Å²) in [5, 5.41) is 3.56. The van der Waals surface area contributed by atoms with E-state index >= 15 is 0 Å². The number of aryl methyl sites for hydroxylation is 1. The van der Waals surface area contributed by atoms with Crippen LogP contribution in [0, 0.1) is 0 Å². The predicted molar refractivity (Wildman–Crippen MR) is 87.3 cm³/mol. The van der Waals surface area contributed by atoms with Gasteiger partial charge in [-0.1, -0.05) is 18.6 Å². The molecule has 3 rings (SSSR count). The van der Waals surface area contributed by atoms with Gasteiger partial charge in [0, 0.05) is 18.5 Å². The second-order valence-corrected chi connectivity index (χ2v) is 6.16. The Morgan fingerprint density at radius 2 is 2.10 bits per heavy atom. The highest BCUT2D eigenvalue weighted by Gasteiger charge is 2.25. The third kappa shape index (κ3) is 2.62. The summed E-state index contributed by atoms with van der Waals surface area (Å²) in [4.78, 5) is 12.8. The van der Waals surface area contributed by atoms with Gasteiger partial charge in [0.2, 0.25) is 0 Å². The van der Waals surface area contributed by atoms with Crippen LogP contribution in [0.5, 0.6) is 0 Å². The number of alkyl halides is 1. The molecule has 0 radical (unpaired) electrons. The van der Waals surface area contributed by atoms with E-state index in [2.05, 4.69) is 12.2 Å². The first kappa shape index (κ1) is 14.7. The first-order chi connectivity index (χ1) is 10.2. The number of hydrogen-bond acceptors (Lipinski definition) is 2. The first-order valence-electron chi connectivity index (χ1n) is 7.73. The quantitative estimate of drug-likeness (QED) is 0.882. The Hall–Kier alpha value is -1.26. The molecule has 0 bridgehead atoms. The van der Waals surface area contributed by atoms with E-state index in [1.165, 1.54) is 12.8 Å². The van der Waals surface area contributed by atoms with Crippen molar-refractivity contribution in [3.63, 3.8) is 0 Å². The Morgan fingerprint density at radius 3 is 2.76 bits per heavy atom. The molecule has 1 aliphatic rings. The summed E-state index contributed by atoms with van der Waals surface area (Å²) < 4.78 is 3.73. The van der Waals surface area contributed by atoms with Crippen LogP contribution >= 0.6 is 11.6 Å². The topological polar surface area (TPSA) is 39.0 Å². The van der Waals surface area contributed by atoms with Crippen molar-refractivity contribution in [3.8, 4) is 0 Å². The van der Waals surface area contributed by atoms with Gasteiger partial charge < -0.3 is 5.32 Å². The lowest BCUT2D eigenvalue weighted by atomic mass is 9.99. The number of nitrogens with zero attached hydrogens (tertiary/aromatic N) is 2. The van der Waals surface area contributed by atoms with Gasteiger partial charge in [-0.15, -0.1) is 11.6 Å². The van der Waals surface area contributed by atoms with Crippen molar-refractivity contribution >= 4 is 22.6 Å².